The van der Waals surface area contributed by atoms with Crippen molar-refractivity contribution in [2.75, 3.05) is 24.2 Å². The topological polar surface area (TPSA) is 71.1 Å². The number of hydrogen-bond donors (Lipinski definition) is 2. The summed E-state index contributed by atoms with van der Waals surface area (Å²) in [4.78, 5) is 4.49. The zero-order valence-electron chi connectivity index (χ0n) is 12.4. The van der Waals surface area contributed by atoms with E-state index in [1.807, 2.05) is 37.3 Å². The number of rotatable bonds is 7. The van der Waals surface area contributed by atoms with Gasteiger partial charge in [0.15, 0.2) is 0 Å². The highest BCUT2D eigenvalue weighted by atomic mass is 32.2. The summed E-state index contributed by atoms with van der Waals surface area (Å²) in [6.45, 7) is 4.75. The maximum absolute atomic E-state index is 11.3. The van der Waals surface area contributed by atoms with Gasteiger partial charge in [-0.05, 0) is 32.4 Å². The fraction of sp³-hybridized carbons (Fsp3) is 0.400. The predicted molar refractivity (Wildman–Crippen MR) is 87.1 cm³/mol. The van der Waals surface area contributed by atoms with Gasteiger partial charge in [-0.1, -0.05) is 18.2 Å². The second-order valence-electron chi connectivity index (χ2n) is 4.91. The van der Waals surface area contributed by atoms with Crippen LogP contribution in [0.3, 0.4) is 0 Å². The van der Waals surface area contributed by atoms with Gasteiger partial charge in [0.05, 0.1) is 11.3 Å². The number of fused-ring (bicyclic) bond motifs is 1. The smallest absolute Gasteiger partial charge is 0.211 e. The van der Waals surface area contributed by atoms with Crippen molar-refractivity contribution in [2.45, 2.75) is 20.3 Å². The normalized spacial score (nSPS) is 11.7. The van der Waals surface area contributed by atoms with Gasteiger partial charge in [-0.2, -0.15) is 0 Å². The van der Waals surface area contributed by atoms with Crippen molar-refractivity contribution in [1.29, 1.82) is 0 Å². The first-order chi connectivity index (χ1) is 10.0. The Balaban J connectivity index is 1.95. The van der Waals surface area contributed by atoms with Crippen molar-refractivity contribution in [3.63, 3.8) is 0 Å². The molecule has 0 saturated heterocycles. The van der Waals surface area contributed by atoms with E-state index >= 15 is 0 Å². The van der Waals surface area contributed by atoms with Gasteiger partial charge < -0.3 is 5.32 Å². The number of nitrogens with one attached hydrogen (secondary N) is 2. The van der Waals surface area contributed by atoms with Crippen LogP contribution < -0.4 is 10.0 Å². The van der Waals surface area contributed by atoms with Crippen molar-refractivity contribution in [3.05, 3.63) is 36.0 Å². The SMILES string of the molecule is CCS(=O)(=O)NCCCNc1cc(C)nc2ccccc12. The Labute approximate surface area is 125 Å². The third kappa shape index (κ3) is 4.41. The summed E-state index contributed by atoms with van der Waals surface area (Å²) in [5.41, 5.74) is 2.96. The van der Waals surface area contributed by atoms with E-state index in [9.17, 15) is 8.42 Å². The van der Waals surface area contributed by atoms with Crippen LogP contribution in [0, 0.1) is 6.92 Å². The molecule has 2 aromatic rings. The minimum atomic E-state index is -3.09. The Morgan fingerprint density at radius 2 is 1.95 bits per heavy atom. The molecule has 2 N–H and O–H groups in total. The van der Waals surface area contributed by atoms with E-state index in [0.29, 0.717) is 13.1 Å². The minimum Gasteiger partial charge on any atom is -0.384 e. The standard InChI is InChI=1S/C15H21N3O2S/c1-3-21(19,20)17-10-6-9-16-15-11-12(2)18-14-8-5-4-7-13(14)15/h4-5,7-8,11,17H,3,6,9-10H2,1-2H3,(H,16,18). The molecule has 0 aliphatic carbocycles. The number of benzene rings is 1. The van der Waals surface area contributed by atoms with Crippen LogP contribution in [0.25, 0.3) is 10.9 Å². The molecule has 6 heteroatoms. The van der Waals surface area contributed by atoms with Gasteiger partial charge in [0.1, 0.15) is 0 Å². The van der Waals surface area contributed by atoms with Gasteiger partial charge in [-0.3, -0.25) is 4.98 Å². The Bertz CT molecular complexity index is 714. The molecule has 0 unspecified atom stereocenters. The maximum atomic E-state index is 11.3. The zero-order valence-corrected chi connectivity index (χ0v) is 13.2. The van der Waals surface area contributed by atoms with Crippen molar-refractivity contribution < 1.29 is 8.42 Å². The fourth-order valence-electron chi connectivity index (χ4n) is 2.10. The Morgan fingerprint density at radius 1 is 1.19 bits per heavy atom. The molecule has 1 aromatic heterocycles. The van der Waals surface area contributed by atoms with Crippen molar-refractivity contribution in [2.24, 2.45) is 0 Å². The van der Waals surface area contributed by atoms with E-state index < -0.39 is 10.0 Å². The van der Waals surface area contributed by atoms with Gasteiger partial charge in [0.25, 0.3) is 0 Å². The highest BCUT2D eigenvalue weighted by molar-refractivity contribution is 7.89. The minimum absolute atomic E-state index is 0.120. The summed E-state index contributed by atoms with van der Waals surface area (Å²) in [5, 5.41) is 4.44. The fourth-order valence-corrected chi connectivity index (χ4v) is 2.75. The number of pyridine rings is 1. The maximum Gasteiger partial charge on any atom is 0.211 e. The average molecular weight is 307 g/mol. The van der Waals surface area contributed by atoms with Gasteiger partial charge in [0.2, 0.25) is 10.0 Å². The van der Waals surface area contributed by atoms with Crippen LogP contribution in [0.2, 0.25) is 0 Å². The molecule has 2 rings (SSSR count). The lowest BCUT2D eigenvalue weighted by atomic mass is 10.1. The lowest BCUT2D eigenvalue weighted by molar-refractivity contribution is 0.581. The van der Waals surface area contributed by atoms with Crippen LogP contribution >= 0.6 is 0 Å². The van der Waals surface area contributed by atoms with Crippen molar-refractivity contribution in [3.8, 4) is 0 Å². The van der Waals surface area contributed by atoms with E-state index in [4.69, 9.17) is 0 Å². The number of hydrogen-bond acceptors (Lipinski definition) is 4. The largest absolute Gasteiger partial charge is 0.384 e. The van der Waals surface area contributed by atoms with Crippen LogP contribution in [0.15, 0.2) is 30.3 Å². The summed E-state index contributed by atoms with van der Waals surface area (Å²) >= 11 is 0. The first-order valence-corrected chi connectivity index (χ1v) is 8.74. The van der Waals surface area contributed by atoms with Crippen molar-refractivity contribution >= 4 is 26.6 Å². The second kappa shape index (κ2) is 6.87. The monoisotopic (exact) mass is 307 g/mol. The summed E-state index contributed by atoms with van der Waals surface area (Å²) in [6, 6.07) is 9.99. The third-order valence-electron chi connectivity index (χ3n) is 3.22. The molecule has 5 nitrogen and oxygen atoms in total. The Morgan fingerprint density at radius 3 is 2.71 bits per heavy atom. The van der Waals surface area contributed by atoms with E-state index in [-0.39, 0.29) is 5.75 Å². The lowest BCUT2D eigenvalue weighted by Crippen LogP contribution is -2.27. The van der Waals surface area contributed by atoms with E-state index in [2.05, 4.69) is 15.0 Å². The Hall–Kier alpha value is -1.66. The molecule has 0 radical (unpaired) electrons. The first kappa shape index (κ1) is 15.7. The summed E-state index contributed by atoms with van der Waals surface area (Å²) < 4.78 is 25.2. The number of nitrogens with zero attached hydrogens (tertiary/aromatic N) is 1. The van der Waals surface area contributed by atoms with Crippen LogP contribution in [-0.4, -0.2) is 32.2 Å². The molecular weight excluding hydrogens is 286 g/mol. The highest BCUT2D eigenvalue weighted by Gasteiger charge is 2.05. The number of aromatic nitrogens is 1. The van der Waals surface area contributed by atoms with Gasteiger partial charge >= 0.3 is 0 Å². The van der Waals surface area contributed by atoms with Crippen LogP contribution in [0.5, 0.6) is 0 Å². The number of aryl methyl sites for hydroxylation is 1. The molecule has 1 heterocycles. The molecule has 1 aromatic carbocycles. The summed E-state index contributed by atoms with van der Waals surface area (Å²) in [7, 11) is -3.09. The van der Waals surface area contributed by atoms with Crippen LogP contribution in [0.1, 0.15) is 19.0 Å². The van der Waals surface area contributed by atoms with Crippen LogP contribution in [-0.2, 0) is 10.0 Å². The number of para-hydroxylation sites is 1. The van der Waals surface area contributed by atoms with E-state index in [0.717, 1.165) is 28.7 Å². The van der Waals surface area contributed by atoms with Gasteiger partial charge in [0, 0.05) is 29.9 Å². The molecule has 0 atom stereocenters. The summed E-state index contributed by atoms with van der Waals surface area (Å²) in [5.74, 6) is 0.120. The number of sulfonamides is 1. The molecule has 0 saturated carbocycles. The molecule has 114 valence electrons. The third-order valence-corrected chi connectivity index (χ3v) is 4.62. The summed E-state index contributed by atoms with van der Waals surface area (Å²) in [6.07, 6.45) is 0.731. The molecule has 0 bridgehead atoms. The molecular formula is C15H21N3O2S. The Kier molecular flexibility index (Phi) is 5.14. The van der Waals surface area contributed by atoms with Crippen LogP contribution in [0.4, 0.5) is 5.69 Å². The first-order valence-electron chi connectivity index (χ1n) is 7.09. The quantitative estimate of drug-likeness (QED) is 0.770. The number of anilines is 1. The molecule has 0 aliphatic rings. The molecule has 0 amide bonds. The van der Waals surface area contributed by atoms with E-state index in [1.54, 1.807) is 6.92 Å². The van der Waals surface area contributed by atoms with Crippen molar-refractivity contribution in [1.82, 2.24) is 9.71 Å². The van der Waals surface area contributed by atoms with Gasteiger partial charge in [-0.25, -0.2) is 13.1 Å². The molecule has 0 spiro atoms. The molecule has 21 heavy (non-hydrogen) atoms. The average Bonchev–Trinajstić information content (AvgIpc) is 2.46. The second-order valence-corrected chi connectivity index (χ2v) is 7.00. The highest BCUT2D eigenvalue weighted by Crippen LogP contribution is 2.22. The van der Waals surface area contributed by atoms with Gasteiger partial charge in [-0.15, -0.1) is 0 Å². The van der Waals surface area contributed by atoms with E-state index in [1.165, 1.54) is 0 Å². The zero-order chi connectivity index (χ0) is 15.3. The predicted octanol–water partition coefficient (Wildman–Crippen LogP) is 2.28. The lowest BCUT2D eigenvalue weighted by Gasteiger charge is -2.11. The molecule has 0 fully saturated rings. The molecule has 0 aliphatic heterocycles.